The molecule has 2 unspecified atom stereocenters. The SMILES string of the molecule is CCCNC1CC(OCc2ccc(OC)cc2)C1(C)C. The van der Waals surface area contributed by atoms with Gasteiger partial charge in [-0.1, -0.05) is 32.9 Å². The molecular weight excluding hydrogens is 250 g/mol. The van der Waals surface area contributed by atoms with Crippen LogP contribution in [0.5, 0.6) is 5.75 Å². The highest BCUT2D eigenvalue weighted by Gasteiger charge is 2.48. The molecule has 0 aromatic heterocycles. The van der Waals surface area contributed by atoms with Gasteiger partial charge in [-0.25, -0.2) is 0 Å². The van der Waals surface area contributed by atoms with E-state index in [2.05, 4.69) is 38.2 Å². The summed E-state index contributed by atoms with van der Waals surface area (Å²) in [5, 5.41) is 3.61. The quantitative estimate of drug-likeness (QED) is 0.829. The van der Waals surface area contributed by atoms with Crippen molar-refractivity contribution in [2.24, 2.45) is 5.41 Å². The fourth-order valence-electron chi connectivity index (χ4n) is 2.75. The summed E-state index contributed by atoms with van der Waals surface area (Å²) in [6.45, 7) is 8.57. The molecule has 1 aromatic carbocycles. The number of methoxy groups -OCH3 is 1. The van der Waals surface area contributed by atoms with E-state index in [1.165, 1.54) is 12.0 Å². The Morgan fingerprint density at radius 3 is 2.50 bits per heavy atom. The molecule has 2 rings (SSSR count). The summed E-state index contributed by atoms with van der Waals surface area (Å²) >= 11 is 0. The van der Waals surface area contributed by atoms with Gasteiger partial charge in [-0.2, -0.15) is 0 Å². The van der Waals surface area contributed by atoms with Crippen molar-refractivity contribution in [3.8, 4) is 5.75 Å². The second-order valence-electron chi connectivity index (χ2n) is 6.21. The van der Waals surface area contributed by atoms with Crippen molar-refractivity contribution in [2.45, 2.75) is 52.4 Å². The zero-order valence-electron chi connectivity index (χ0n) is 13.1. The van der Waals surface area contributed by atoms with E-state index in [0.29, 0.717) is 18.8 Å². The van der Waals surface area contributed by atoms with Gasteiger partial charge in [0.25, 0.3) is 0 Å². The lowest BCUT2D eigenvalue weighted by Crippen LogP contribution is -2.60. The standard InChI is InChI=1S/C17H27NO2/c1-5-10-18-15-11-16(17(15,2)3)20-12-13-6-8-14(19-4)9-7-13/h6-9,15-16,18H,5,10-12H2,1-4H3. The van der Waals surface area contributed by atoms with E-state index >= 15 is 0 Å². The van der Waals surface area contributed by atoms with Crippen LogP contribution >= 0.6 is 0 Å². The lowest BCUT2D eigenvalue weighted by Gasteiger charge is -2.52. The highest BCUT2D eigenvalue weighted by Crippen LogP contribution is 2.43. The number of hydrogen-bond donors (Lipinski definition) is 1. The predicted molar refractivity (Wildman–Crippen MR) is 82.1 cm³/mol. The van der Waals surface area contributed by atoms with Crippen molar-refractivity contribution in [2.75, 3.05) is 13.7 Å². The third kappa shape index (κ3) is 3.33. The summed E-state index contributed by atoms with van der Waals surface area (Å²) in [7, 11) is 1.69. The molecular formula is C17H27NO2. The first-order valence-corrected chi connectivity index (χ1v) is 7.55. The zero-order valence-corrected chi connectivity index (χ0v) is 13.1. The molecule has 0 aliphatic heterocycles. The third-order valence-electron chi connectivity index (χ3n) is 4.43. The smallest absolute Gasteiger partial charge is 0.118 e. The normalized spacial score (nSPS) is 24.2. The molecule has 0 bridgehead atoms. The molecule has 0 heterocycles. The number of ether oxygens (including phenoxy) is 2. The van der Waals surface area contributed by atoms with E-state index < -0.39 is 0 Å². The van der Waals surface area contributed by atoms with E-state index in [4.69, 9.17) is 9.47 Å². The predicted octanol–water partition coefficient (Wildman–Crippen LogP) is 3.38. The van der Waals surface area contributed by atoms with Crippen molar-refractivity contribution in [1.29, 1.82) is 0 Å². The molecule has 112 valence electrons. The van der Waals surface area contributed by atoms with Gasteiger partial charge in [0.1, 0.15) is 5.75 Å². The van der Waals surface area contributed by atoms with E-state index in [0.717, 1.165) is 18.7 Å². The van der Waals surface area contributed by atoms with Gasteiger partial charge in [-0.15, -0.1) is 0 Å². The Hall–Kier alpha value is -1.06. The Balaban J connectivity index is 1.80. The Kier molecular flexibility index (Phi) is 5.06. The molecule has 1 N–H and O–H groups in total. The summed E-state index contributed by atoms with van der Waals surface area (Å²) < 4.78 is 11.2. The molecule has 3 nitrogen and oxygen atoms in total. The van der Waals surface area contributed by atoms with Crippen LogP contribution in [-0.4, -0.2) is 25.8 Å². The van der Waals surface area contributed by atoms with Gasteiger partial charge in [0.05, 0.1) is 19.8 Å². The maximum absolute atomic E-state index is 6.08. The lowest BCUT2D eigenvalue weighted by atomic mass is 9.64. The highest BCUT2D eigenvalue weighted by molar-refractivity contribution is 5.26. The van der Waals surface area contributed by atoms with Crippen LogP contribution in [0, 0.1) is 5.41 Å². The van der Waals surface area contributed by atoms with Gasteiger partial charge in [0.2, 0.25) is 0 Å². The first-order chi connectivity index (χ1) is 9.57. The van der Waals surface area contributed by atoms with Gasteiger partial charge >= 0.3 is 0 Å². The fraction of sp³-hybridized carbons (Fsp3) is 0.647. The molecule has 0 spiro atoms. The van der Waals surface area contributed by atoms with Gasteiger partial charge in [-0.05, 0) is 37.1 Å². The van der Waals surface area contributed by atoms with Crippen molar-refractivity contribution >= 4 is 0 Å². The minimum absolute atomic E-state index is 0.224. The average molecular weight is 277 g/mol. The number of hydrogen-bond acceptors (Lipinski definition) is 3. The second kappa shape index (κ2) is 6.59. The largest absolute Gasteiger partial charge is 0.497 e. The van der Waals surface area contributed by atoms with Crippen molar-refractivity contribution in [1.82, 2.24) is 5.32 Å². The van der Waals surface area contributed by atoms with Crippen molar-refractivity contribution < 1.29 is 9.47 Å². The number of nitrogens with one attached hydrogen (secondary N) is 1. The molecule has 0 radical (unpaired) electrons. The van der Waals surface area contributed by atoms with E-state index in [1.807, 2.05) is 12.1 Å². The molecule has 1 saturated carbocycles. The van der Waals surface area contributed by atoms with Crippen LogP contribution in [0.15, 0.2) is 24.3 Å². The van der Waals surface area contributed by atoms with Gasteiger partial charge in [-0.3, -0.25) is 0 Å². The minimum atomic E-state index is 0.224. The van der Waals surface area contributed by atoms with Crippen LogP contribution in [0.1, 0.15) is 39.2 Å². The summed E-state index contributed by atoms with van der Waals surface area (Å²) in [5.74, 6) is 0.890. The average Bonchev–Trinajstić information content (AvgIpc) is 2.46. The Morgan fingerprint density at radius 1 is 1.25 bits per heavy atom. The van der Waals surface area contributed by atoms with Crippen LogP contribution in [-0.2, 0) is 11.3 Å². The molecule has 0 saturated heterocycles. The van der Waals surface area contributed by atoms with Gasteiger partial charge in [0, 0.05) is 11.5 Å². The maximum atomic E-state index is 6.08. The van der Waals surface area contributed by atoms with E-state index in [-0.39, 0.29) is 5.41 Å². The van der Waals surface area contributed by atoms with Crippen LogP contribution in [0.25, 0.3) is 0 Å². The second-order valence-corrected chi connectivity index (χ2v) is 6.21. The van der Waals surface area contributed by atoms with Crippen molar-refractivity contribution in [3.05, 3.63) is 29.8 Å². The van der Waals surface area contributed by atoms with Crippen LogP contribution in [0.4, 0.5) is 0 Å². The summed E-state index contributed by atoms with van der Waals surface area (Å²) in [4.78, 5) is 0. The zero-order chi connectivity index (χ0) is 14.6. The maximum Gasteiger partial charge on any atom is 0.118 e. The summed E-state index contributed by atoms with van der Waals surface area (Å²) in [5.41, 5.74) is 1.42. The molecule has 1 aromatic rings. The Labute approximate surface area is 122 Å². The number of rotatable bonds is 7. The summed E-state index contributed by atoms with van der Waals surface area (Å²) in [6.07, 6.45) is 2.64. The van der Waals surface area contributed by atoms with Crippen LogP contribution in [0.2, 0.25) is 0 Å². The lowest BCUT2D eigenvalue weighted by molar-refractivity contribution is -0.124. The minimum Gasteiger partial charge on any atom is -0.497 e. The van der Waals surface area contributed by atoms with E-state index in [1.54, 1.807) is 7.11 Å². The monoisotopic (exact) mass is 277 g/mol. The Morgan fingerprint density at radius 2 is 1.95 bits per heavy atom. The summed E-state index contributed by atoms with van der Waals surface area (Å²) in [6, 6.07) is 8.68. The number of benzene rings is 1. The molecule has 3 heteroatoms. The molecule has 20 heavy (non-hydrogen) atoms. The van der Waals surface area contributed by atoms with Gasteiger partial charge in [0.15, 0.2) is 0 Å². The molecule has 1 aliphatic rings. The fourth-order valence-corrected chi connectivity index (χ4v) is 2.75. The topological polar surface area (TPSA) is 30.5 Å². The van der Waals surface area contributed by atoms with Crippen LogP contribution in [0.3, 0.4) is 0 Å². The van der Waals surface area contributed by atoms with E-state index in [9.17, 15) is 0 Å². The first kappa shape index (κ1) is 15.3. The van der Waals surface area contributed by atoms with Crippen molar-refractivity contribution in [3.63, 3.8) is 0 Å². The molecule has 1 aliphatic carbocycles. The highest BCUT2D eigenvalue weighted by atomic mass is 16.5. The Bertz CT molecular complexity index is 414. The van der Waals surface area contributed by atoms with Gasteiger partial charge < -0.3 is 14.8 Å². The molecule has 2 atom stereocenters. The molecule has 0 amide bonds. The first-order valence-electron chi connectivity index (χ1n) is 7.55. The molecule has 1 fully saturated rings. The van der Waals surface area contributed by atoms with Crippen LogP contribution < -0.4 is 10.1 Å². The third-order valence-corrected chi connectivity index (χ3v) is 4.43.